The Labute approximate surface area is 134 Å². The Hall–Kier alpha value is -0.220. The van der Waals surface area contributed by atoms with Crippen molar-refractivity contribution >= 4 is 52.0 Å². The van der Waals surface area contributed by atoms with Crippen molar-refractivity contribution < 1.29 is 4.74 Å². The third-order valence-corrected chi connectivity index (χ3v) is 4.15. The van der Waals surface area contributed by atoms with Gasteiger partial charge in [-0.3, -0.25) is 0 Å². The minimum atomic E-state index is -0.174. The van der Waals surface area contributed by atoms with Crippen molar-refractivity contribution in [1.29, 1.82) is 0 Å². The van der Waals surface area contributed by atoms with Crippen molar-refractivity contribution in [1.82, 2.24) is 0 Å². The molecule has 0 heterocycles. The maximum atomic E-state index is 6.02. The first-order valence-electron chi connectivity index (χ1n) is 5.81. The number of benzene rings is 1. The summed E-state index contributed by atoms with van der Waals surface area (Å²) in [6.45, 7) is 4.52. The minimum Gasteiger partial charge on any atom is -0.490 e. The van der Waals surface area contributed by atoms with Crippen LogP contribution in [0.25, 0.3) is 0 Å². The minimum absolute atomic E-state index is 0.174. The van der Waals surface area contributed by atoms with E-state index < -0.39 is 0 Å². The smallest absolute Gasteiger partial charge is 0.156 e. The van der Waals surface area contributed by atoms with Crippen LogP contribution >= 0.6 is 47.0 Å². The summed E-state index contributed by atoms with van der Waals surface area (Å²) in [6.07, 6.45) is 1.64. The highest BCUT2D eigenvalue weighted by atomic mass is 35.5. The van der Waals surface area contributed by atoms with Crippen molar-refractivity contribution in [3.8, 4) is 5.75 Å². The predicted molar refractivity (Wildman–Crippen MR) is 86.8 cm³/mol. The molecule has 19 heavy (non-hydrogen) atoms. The molecule has 0 atom stereocenters. The van der Waals surface area contributed by atoms with Crippen molar-refractivity contribution in [2.45, 2.75) is 26.7 Å². The average molecular weight is 341 g/mol. The van der Waals surface area contributed by atoms with Gasteiger partial charge in [-0.2, -0.15) is 0 Å². The van der Waals surface area contributed by atoms with E-state index in [1.54, 1.807) is 12.1 Å². The summed E-state index contributed by atoms with van der Waals surface area (Å²) >= 11 is 22.9. The summed E-state index contributed by atoms with van der Waals surface area (Å²) < 4.78 is 5.59. The molecule has 0 aliphatic heterocycles. The molecule has 2 nitrogen and oxygen atoms in total. The average Bonchev–Trinajstić information content (AvgIpc) is 2.26. The van der Waals surface area contributed by atoms with Gasteiger partial charge in [-0.15, -0.1) is 0 Å². The molecule has 1 rings (SSSR count). The molecule has 0 radical (unpaired) electrons. The van der Waals surface area contributed by atoms with Crippen LogP contribution in [0.3, 0.4) is 0 Å². The van der Waals surface area contributed by atoms with Gasteiger partial charge in [-0.25, -0.2) is 0 Å². The second-order valence-electron chi connectivity index (χ2n) is 4.90. The normalized spacial score (nSPS) is 11.4. The number of nitrogens with two attached hydrogens (primary N) is 1. The molecule has 0 aromatic heterocycles. The SMILES string of the molecule is CC(C)(CCCOc1c(Cl)cc(Cl)cc1Cl)C(N)=S. The Balaban J connectivity index is 2.53. The predicted octanol–water partition coefficient (Wildman–Crippen LogP) is 5.12. The van der Waals surface area contributed by atoms with Gasteiger partial charge in [0.05, 0.1) is 21.6 Å². The quantitative estimate of drug-likeness (QED) is 0.577. The van der Waals surface area contributed by atoms with Crippen LogP contribution in [-0.4, -0.2) is 11.6 Å². The largest absolute Gasteiger partial charge is 0.490 e. The summed E-state index contributed by atoms with van der Waals surface area (Å²) in [6, 6.07) is 3.20. The third kappa shape index (κ3) is 4.99. The van der Waals surface area contributed by atoms with Gasteiger partial charge in [-0.05, 0) is 25.0 Å². The fourth-order valence-electron chi connectivity index (χ4n) is 1.48. The molecule has 0 aliphatic carbocycles. The molecule has 2 N–H and O–H groups in total. The molecule has 1 aromatic carbocycles. The van der Waals surface area contributed by atoms with E-state index in [9.17, 15) is 0 Å². The van der Waals surface area contributed by atoms with Crippen molar-refractivity contribution in [2.75, 3.05) is 6.61 Å². The standard InChI is InChI=1S/C13H16Cl3NOS/c1-13(2,12(17)19)4-3-5-18-11-9(15)6-8(14)7-10(11)16/h6-7H,3-5H2,1-2H3,(H2,17,19). The highest BCUT2D eigenvalue weighted by Crippen LogP contribution is 2.36. The molecule has 0 fully saturated rings. The van der Waals surface area contributed by atoms with Crippen LogP contribution in [0, 0.1) is 5.41 Å². The second-order valence-corrected chi connectivity index (χ2v) is 6.59. The Morgan fingerprint density at radius 3 is 2.26 bits per heavy atom. The molecule has 0 saturated heterocycles. The molecule has 0 saturated carbocycles. The topological polar surface area (TPSA) is 35.2 Å². The van der Waals surface area contributed by atoms with E-state index in [0.717, 1.165) is 12.8 Å². The first-order valence-corrected chi connectivity index (χ1v) is 7.35. The highest BCUT2D eigenvalue weighted by Gasteiger charge is 2.20. The second kappa shape index (κ2) is 6.98. The molecule has 6 heteroatoms. The molecule has 0 unspecified atom stereocenters. The van der Waals surface area contributed by atoms with Crippen molar-refractivity contribution in [3.05, 3.63) is 27.2 Å². The van der Waals surface area contributed by atoms with Gasteiger partial charge in [0.2, 0.25) is 0 Å². The van der Waals surface area contributed by atoms with Crippen LogP contribution in [0.15, 0.2) is 12.1 Å². The maximum absolute atomic E-state index is 6.02. The van der Waals surface area contributed by atoms with Crippen molar-refractivity contribution in [2.24, 2.45) is 11.1 Å². The van der Waals surface area contributed by atoms with Crippen LogP contribution in [0.2, 0.25) is 15.1 Å². The van der Waals surface area contributed by atoms with Crippen LogP contribution < -0.4 is 10.5 Å². The van der Waals surface area contributed by atoms with E-state index in [1.165, 1.54) is 0 Å². The highest BCUT2D eigenvalue weighted by molar-refractivity contribution is 7.80. The fourth-order valence-corrected chi connectivity index (χ4v) is 2.51. The summed E-state index contributed by atoms with van der Waals surface area (Å²) in [5, 5.41) is 1.30. The van der Waals surface area contributed by atoms with E-state index in [2.05, 4.69) is 0 Å². The van der Waals surface area contributed by atoms with Crippen LogP contribution in [0.5, 0.6) is 5.75 Å². The number of halogens is 3. The summed E-state index contributed by atoms with van der Waals surface area (Å²) in [5.74, 6) is 0.459. The summed E-state index contributed by atoms with van der Waals surface area (Å²) in [7, 11) is 0. The molecule has 0 spiro atoms. The first-order chi connectivity index (χ1) is 8.74. The van der Waals surface area contributed by atoms with Gasteiger partial charge in [0.25, 0.3) is 0 Å². The van der Waals surface area contributed by atoms with E-state index in [1.807, 2.05) is 13.8 Å². The van der Waals surface area contributed by atoms with Crippen LogP contribution in [0.4, 0.5) is 0 Å². The lowest BCUT2D eigenvalue weighted by atomic mass is 9.88. The van der Waals surface area contributed by atoms with Crippen LogP contribution in [0.1, 0.15) is 26.7 Å². The number of hydrogen-bond acceptors (Lipinski definition) is 2. The van der Waals surface area contributed by atoms with Crippen LogP contribution in [-0.2, 0) is 0 Å². The number of hydrogen-bond donors (Lipinski definition) is 1. The monoisotopic (exact) mass is 339 g/mol. The van der Waals surface area contributed by atoms with E-state index in [4.69, 9.17) is 57.5 Å². The maximum Gasteiger partial charge on any atom is 0.156 e. The van der Waals surface area contributed by atoms with E-state index in [0.29, 0.717) is 32.4 Å². The molecule has 0 amide bonds. The Kier molecular flexibility index (Phi) is 6.18. The first kappa shape index (κ1) is 16.8. The Morgan fingerprint density at radius 1 is 1.26 bits per heavy atom. The summed E-state index contributed by atoms with van der Waals surface area (Å²) in [4.78, 5) is 0.509. The number of thiocarbonyl (C=S) groups is 1. The lowest BCUT2D eigenvalue weighted by Gasteiger charge is -2.22. The third-order valence-electron chi connectivity index (χ3n) is 2.82. The fraction of sp³-hybridized carbons (Fsp3) is 0.462. The lowest BCUT2D eigenvalue weighted by molar-refractivity contribution is 0.288. The molecule has 106 valence electrons. The summed E-state index contributed by atoms with van der Waals surface area (Å²) in [5.41, 5.74) is 5.49. The molecular formula is C13H16Cl3NOS. The van der Waals surface area contributed by atoms with Gasteiger partial charge in [0.15, 0.2) is 5.75 Å². The molecule has 0 aliphatic rings. The van der Waals surface area contributed by atoms with Gasteiger partial charge < -0.3 is 10.5 Å². The van der Waals surface area contributed by atoms with E-state index >= 15 is 0 Å². The number of ether oxygens (including phenoxy) is 1. The van der Waals surface area contributed by atoms with Gasteiger partial charge in [0, 0.05) is 10.4 Å². The molecule has 0 bridgehead atoms. The zero-order valence-electron chi connectivity index (χ0n) is 10.8. The Morgan fingerprint density at radius 2 is 1.79 bits per heavy atom. The van der Waals surface area contributed by atoms with E-state index in [-0.39, 0.29) is 5.41 Å². The zero-order chi connectivity index (χ0) is 14.6. The molecule has 1 aromatic rings. The van der Waals surface area contributed by atoms with Gasteiger partial charge in [-0.1, -0.05) is 60.9 Å². The number of rotatable bonds is 6. The lowest BCUT2D eigenvalue weighted by Crippen LogP contribution is -2.30. The zero-order valence-corrected chi connectivity index (χ0v) is 13.9. The molecular weight excluding hydrogens is 325 g/mol. The van der Waals surface area contributed by atoms with Gasteiger partial charge in [0.1, 0.15) is 0 Å². The Bertz CT molecular complexity index is 454. The van der Waals surface area contributed by atoms with Crippen molar-refractivity contribution in [3.63, 3.8) is 0 Å². The van der Waals surface area contributed by atoms with Gasteiger partial charge >= 0.3 is 0 Å².